The molecule has 1 atom stereocenters. The number of benzene rings is 4. The Bertz CT molecular complexity index is 1520. The maximum Gasteiger partial charge on any atom is 0.264 e. The monoisotopic (exact) mass is 524 g/mol. The smallest absolute Gasteiger partial charge is 0.264 e. The predicted octanol–water partition coefficient (Wildman–Crippen LogP) is 6.45. The van der Waals surface area contributed by atoms with E-state index in [-0.39, 0.29) is 23.4 Å². The molecule has 1 amide bonds. The van der Waals surface area contributed by atoms with Gasteiger partial charge in [-0.1, -0.05) is 78.9 Å². The molecule has 0 bridgehead atoms. The molecule has 1 aliphatic rings. The Kier molecular flexibility index (Phi) is 7.61. The lowest BCUT2D eigenvalue weighted by atomic mass is 9.89. The summed E-state index contributed by atoms with van der Waals surface area (Å²) in [5, 5.41) is 3.11. The van der Waals surface area contributed by atoms with Gasteiger partial charge in [-0.25, -0.2) is 8.42 Å². The molecule has 0 saturated heterocycles. The van der Waals surface area contributed by atoms with Gasteiger partial charge in [0.15, 0.2) is 0 Å². The number of para-hydroxylation sites is 1. The second-order valence-corrected chi connectivity index (χ2v) is 11.6. The minimum atomic E-state index is -3.95. The number of nitrogens with one attached hydrogen (secondary N) is 1. The molecule has 0 radical (unpaired) electrons. The molecule has 0 aromatic heterocycles. The summed E-state index contributed by atoms with van der Waals surface area (Å²) in [5.74, 6) is -0.313. The number of anilines is 1. The molecule has 5 nitrogen and oxygen atoms in total. The number of aryl methyl sites for hydroxylation is 2. The van der Waals surface area contributed by atoms with Crippen molar-refractivity contribution in [3.05, 3.63) is 131 Å². The molecule has 0 heterocycles. The zero-order chi connectivity index (χ0) is 26.5. The van der Waals surface area contributed by atoms with E-state index in [4.69, 9.17) is 0 Å². The van der Waals surface area contributed by atoms with E-state index in [1.165, 1.54) is 28.3 Å². The van der Waals surface area contributed by atoms with Crippen molar-refractivity contribution < 1.29 is 13.2 Å². The first-order valence-corrected chi connectivity index (χ1v) is 14.5. The highest BCUT2D eigenvalue weighted by molar-refractivity contribution is 7.92. The fraction of sp³-hybridized carbons (Fsp3) is 0.219. The topological polar surface area (TPSA) is 66.5 Å². The average molecular weight is 525 g/mol. The Hall–Kier alpha value is -3.90. The number of rotatable bonds is 8. The van der Waals surface area contributed by atoms with Gasteiger partial charge in [0.2, 0.25) is 0 Å². The van der Waals surface area contributed by atoms with Gasteiger partial charge >= 0.3 is 0 Å². The summed E-state index contributed by atoms with van der Waals surface area (Å²) in [5.41, 5.74) is 5.28. The number of hydrogen-bond donors (Lipinski definition) is 1. The largest absolute Gasteiger partial charge is 0.345 e. The first-order valence-electron chi connectivity index (χ1n) is 13.1. The van der Waals surface area contributed by atoms with Crippen LogP contribution in [0.2, 0.25) is 0 Å². The highest BCUT2D eigenvalue weighted by atomic mass is 32.2. The summed E-state index contributed by atoms with van der Waals surface area (Å²) in [7, 11) is -3.95. The van der Waals surface area contributed by atoms with Crippen LogP contribution >= 0.6 is 0 Å². The van der Waals surface area contributed by atoms with E-state index in [9.17, 15) is 13.2 Å². The van der Waals surface area contributed by atoms with Gasteiger partial charge < -0.3 is 5.32 Å². The van der Waals surface area contributed by atoms with Gasteiger partial charge in [-0.05, 0) is 79.1 Å². The molecule has 1 aliphatic carbocycles. The molecule has 0 saturated carbocycles. The van der Waals surface area contributed by atoms with Crippen molar-refractivity contribution >= 4 is 21.6 Å². The van der Waals surface area contributed by atoms with E-state index < -0.39 is 10.0 Å². The average Bonchev–Trinajstić information content (AvgIpc) is 2.96. The molecule has 0 unspecified atom stereocenters. The highest BCUT2D eigenvalue weighted by Crippen LogP contribution is 2.30. The van der Waals surface area contributed by atoms with E-state index in [0.717, 1.165) is 24.0 Å². The standard InChI is InChI=1S/C32H32N2O3S/c1-24(27-21-20-26-14-8-9-15-28(26)22-27)33-32(35)30-18-10-11-19-31(30)34(23-25-12-4-2-5-13-25)38(36,37)29-16-6-3-7-17-29/h2-7,10-13,16-22,24H,8-9,14-15,23H2,1H3,(H,33,35)/t24-/m0/s1. The summed E-state index contributed by atoms with van der Waals surface area (Å²) in [6, 6.07) is 30.9. The summed E-state index contributed by atoms with van der Waals surface area (Å²) in [6.45, 7) is 2.07. The van der Waals surface area contributed by atoms with E-state index in [1.807, 2.05) is 37.3 Å². The minimum absolute atomic E-state index is 0.0999. The second kappa shape index (κ2) is 11.2. The molecule has 38 heavy (non-hydrogen) atoms. The lowest BCUT2D eigenvalue weighted by Crippen LogP contribution is -2.34. The van der Waals surface area contributed by atoms with Gasteiger partial charge in [0.05, 0.1) is 28.7 Å². The van der Waals surface area contributed by atoms with Gasteiger partial charge in [-0.15, -0.1) is 0 Å². The number of nitrogens with zero attached hydrogens (tertiary/aromatic N) is 1. The third-order valence-corrected chi connectivity index (χ3v) is 8.91. The van der Waals surface area contributed by atoms with Gasteiger partial charge in [-0.3, -0.25) is 9.10 Å². The van der Waals surface area contributed by atoms with Crippen LogP contribution in [0.25, 0.3) is 0 Å². The van der Waals surface area contributed by atoms with Crippen LogP contribution in [-0.4, -0.2) is 14.3 Å². The quantitative estimate of drug-likeness (QED) is 0.288. The van der Waals surface area contributed by atoms with Crippen molar-refractivity contribution in [1.29, 1.82) is 0 Å². The molecule has 1 N–H and O–H groups in total. The predicted molar refractivity (Wildman–Crippen MR) is 152 cm³/mol. The maximum absolute atomic E-state index is 13.9. The highest BCUT2D eigenvalue weighted by Gasteiger charge is 2.29. The van der Waals surface area contributed by atoms with Crippen LogP contribution in [0.1, 0.15) is 58.4 Å². The van der Waals surface area contributed by atoms with Crippen LogP contribution in [0.5, 0.6) is 0 Å². The van der Waals surface area contributed by atoms with Crippen molar-refractivity contribution in [3.63, 3.8) is 0 Å². The molecule has 4 aromatic carbocycles. The van der Waals surface area contributed by atoms with Gasteiger partial charge in [0.25, 0.3) is 15.9 Å². The number of sulfonamides is 1. The Labute approximate surface area is 225 Å². The van der Waals surface area contributed by atoms with Crippen molar-refractivity contribution in [2.75, 3.05) is 4.31 Å². The Balaban J connectivity index is 1.48. The van der Waals surface area contributed by atoms with E-state index in [1.54, 1.807) is 54.6 Å². The molecule has 0 fully saturated rings. The van der Waals surface area contributed by atoms with Crippen molar-refractivity contribution in [2.24, 2.45) is 0 Å². The van der Waals surface area contributed by atoms with Crippen molar-refractivity contribution in [1.82, 2.24) is 5.32 Å². The number of amides is 1. The minimum Gasteiger partial charge on any atom is -0.345 e. The number of hydrogen-bond acceptors (Lipinski definition) is 3. The Morgan fingerprint density at radius 1 is 0.816 bits per heavy atom. The van der Waals surface area contributed by atoms with E-state index in [2.05, 4.69) is 23.5 Å². The van der Waals surface area contributed by atoms with Crippen LogP contribution in [0.15, 0.2) is 108 Å². The number of fused-ring (bicyclic) bond motifs is 1. The first-order chi connectivity index (χ1) is 18.4. The zero-order valence-corrected chi connectivity index (χ0v) is 22.3. The summed E-state index contributed by atoms with van der Waals surface area (Å²) in [4.78, 5) is 13.8. The van der Waals surface area contributed by atoms with Gasteiger partial charge in [0, 0.05) is 0 Å². The fourth-order valence-corrected chi connectivity index (χ4v) is 6.52. The molecule has 4 aromatic rings. The summed E-state index contributed by atoms with van der Waals surface area (Å²) in [6.07, 6.45) is 4.59. The van der Waals surface area contributed by atoms with Crippen molar-refractivity contribution in [2.45, 2.75) is 50.1 Å². The first kappa shape index (κ1) is 25.7. The maximum atomic E-state index is 13.9. The van der Waals surface area contributed by atoms with Gasteiger partial charge in [0.1, 0.15) is 0 Å². The summed E-state index contributed by atoms with van der Waals surface area (Å²) < 4.78 is 29.1. The SMILES string of the molecule is C[C@H](NC(=O)c1ccccc1N(Cc1ccccc1)S(=O)(=O)c1ccccc1)c1ccc2c(c1)CCCC2. The molecule has 194 valence electrons. The van der Waals surface area contributed by atoms with Crippen LogP contribution < -0.4 is 9.62 Å². The number of carbonyl (C=O) groups excluding carboxylic acids is 1. The lowest BCUT2D eigenvalue weighted by Gasteiger charge is -2.27. The van der Waals surface area contributed by atoms with Crippen LogP contribution in [0, 0.1) is 0 Å². The third kappa shape index (κ3) is 5.50. The molecular formula is C32H32N2O3S. The van der Waals surface area contributed by atoms with Crippen LogP contribution in [0.4, 0.5) is 5.69 Å². The van der Waals surface area contributed by atoms with E-state index in [0.29, 0.717) is 11.3 Å². The molecule has 0 aliphatic heterocycles. The van der Waals surface area contributed by atoms with Crippen LogP contribution in [-0.2, 0) is 29.4 Å². The Morgan fingerprint density at radius 3 is 2.18 bits per heavy atom. The Morgan fingerprint density at radius 2 is 1.45 bits per heavy atom. The molecular weight excluding hydrogens is 492 g/mol. The lowest BCUT2D eigenvalue weighted by molar-refractivity contribution is 0.0940. The third-order valence-electron chi connectivity index (χ3n) is 7.14. The fourth-order valence-electron chi connectivity index (χ4n) is 5.03. The van der Waals surface area contributed by atoms with Gasteiger partial charge in [-0.2, -0.15) is 0 Å². The molecule has 6 heteroatoms. The van der Waals surface area contributed by atoms with Crippen LogP contribution in [0.3, 0.4) is 0 Å². The molecule has 0 spiro atoms. The molecule has 5 rings (SSSR count). The zero-order valence-electron chi connectivity index (χ0n) is 21.5. The van der Waals surface area contributed by atoms with E-state index >= 15 is 0 Å². The van der Waals surface area contributed by atoms with Crippen molar-refractivity contribution in [3.8, 4) is 0 Å². The normalized spacial score (nSPS) is 13.8. The second-order valence-electron chi connectivity index (χ2n) is 9.76. The summed E-state index contributed by atoms with van der Waals surface area (Å²) >= 11 is 0. The number of carbonyl (C=O) groups is 1.